The zero-order chi connectivity index (χ0) is 20.2. The molecule has 0 unspecified atom stereocenters. The van der Waals surface area contributed by atoms with Crippen LogP contribution in [-0.4, -0.2) is 98.8 Å². The maximum Gasteiger partial charge on any atom is 3.00 e. The van der Waals surface area contributed by atoms with Crippen LogP contribution in [0, 0.1) is 0 Å². The number of aliphatic carboxylic acids is 3. The minimum atomic E-state index is -1.50. The van der Waals surface area contributed by atoms with Crippen LogP contribution in [0.3, 0.4) is 0 Å². The van der Waals surface area contributed by atoms with Crippen LogP contribution < -0.4 is 15.3 Å². The Morgan fingerprint density at radius 2 is 1.18 bits per heavy atom. The molecule has 0 spiro atoms. The summed E-state index contributed by atoms with van der Waals surface area (Å²) in [7, 11) is 0. The number of benzene rings is 1. The molecule has 1 aromatic carbocycles. The normalized spacial score (nSPS) is 10.4. The zero-order valence-corrected chi connectivity index (χ0v) is 18.4. The van der Waals surface area contributed by atoms with Crippen molar-refractivity contribution in [2.45, 2.75) is 6.61 Å². The fourth-order valence-corrected chi connectivity index (χ4v) is 2.22. The minimum absolute atomic E-state index is 0. The predicted octanol–water partition coefficient (Wildman–Crippen LogP) is -4.80. The Kier molecular flexibility index (Phi) is 12.9. The molecule has 28 heavy (non-hydrogen) atoms. The summed E-state index contributed by atoms with van der Waals surface area (Å²) >= 11 is 0. The Balaban J connectivity index is 0.00000729. The van der Waals surface area contributed by atoms with Crippen molar-refractivity contribution >= 4 is 49.7 Å². The molecule has 0 bridgehead atoms. The summed E-state index contributed by atoms with van der Waals surface area (Å²) in [5.41, 5.74) is 0.756. The van der Waals surface area contributed by atoms with E-state index in [0.717, 1.165) is 15.4 Å². The standard InChI is InChI=1S/C17H22N2O8.In/c20-14(21)8-18(9-15(22)23)6-7-19(10-16(24)25)11-17(26)27-12-13-4-2-1-3-5-13;/h1-5H,6-12H2,(H,20,21)(H,22,23)(H,24,25);/q;+3/p-3. The number of carbonyl (C=O) groups is 4. The molecule has 0 aliphatic heterocycles. The topological polar surface area (TPSA) is 153 Å². The maximum absolute atomic E-state index is 11.9. The average molecular weight is 494 g/mol. The third kappa shape index (κ3) is 12.3. The van der Waals surface area contributed by atoms with Crippen molar-refractivity contribution in [2.24, 2.45) is 0 Å². The molecule has 0 aromatic heterocycles. The molecule has 0 amide bonds. The van der Waals surface area contributed by atoms with E-state index in [9.17, 15) is 34.5 Å². The summed E-state index contributed by atoms with van der Waals surface area (Å²) in [5.74, 6) is -5.13. The fourth-order valence-electron chi connectivity index (χ4n) is 2.22. The number of rotatable bonds is 13. The van der Waals surface area contributed by atoms with Crippen molar-refractivity contribution in [3.8, 4) is 0 Å². The monoisotopic (exact) mass is 494 g/mol. The second-order valence-corrected chi connectivity index (χ2v) is 5.68. The van der Waals surface area contributed by atoms with Gasteiger partial charge in [-0.25, -0.2) is 0 Å². The second kappa shape index (κ2) is 14.0. The molecule has 0 atom stereocenters. The average Bonchev–Trinajstić information content (AvgIpc) is 2.57. The quantitative estimate of drug-likeness (QED) is 0.244. The van der Waals surface area contributed by atoms with Gasteiger partial charge in [0.05, 0.1) is 24.5 Å². The number of nitrogens with zero attached hydrogens (tertiary/aromatic N) is 2. The van der Waals surface area contributed by atoms with Crippen LogP contribution in [0.2, 0.25) is 0 Å². The molecule has 0 saturated carbocycles. The van der Waals surface area contributed by atoms with Gasteiger partial charge >= 0.3 is 31.8 Å². The van der Waals surface area contributed by atoms with Crippen LogP contribution in [0.5, 0.6) is 0 Å². The summed E-state index contributed by atoms with van der Waals surface area (Å²) in [4.78, 5) is 46.2. The van der Waals surface area contributed by atoms with E-state index in [4.69, 9.17) is 4.74 Å². The van der Waals surface area contributed by atoms with Gasteiger partial charge in [0.25, 0.3) is 0 Å². The molecular formula is C17H19InN2O8. The minimum Gasteiger partial charge on any atom is -0.549 e. The fraction of sp³-hybridized carbons (Fsp3) is 0.412. The van der Waals surface area contributed by atoms with Gasteiger partial charge < -0.3 is 34.4 Å². The summed E-state index contributed by atoms with van der Waals surface area (Å²) in [6, 6.07) is 8.86. The number of ether oxygens (including phenoxy) is 1. The number of esters is 1. The molecule has 0 fully saturated rings. The van der Waals surface area contributed by atoms with E-state index in [0.29, 0.717) is 0 Å². The van der Waals surface area contributed by atoms with Gasteiger partial charge in [0, 0.05) is 32.7 Å². The first kappa shape index (κ1) is 25.9. The van der Waals surface area contributed by atoms with Gasteiger partial charge in [0.2, 0.25) is 0 Å². The first-order valence-electron chi connectivity index (χ1n) is 8.00. The molecular weight excluding hydrogens is 475 g/mol. The van der Waals surface area contributed by atoms with E-state index in [1.807, 2.05) is 0 Å². The Labute approximate surface area is 180 Å². The van der Waals surface area contributed by atoms with Gasteiger partial charge in [-0.1, -0.05) is 30.3 Å². The first-order chi connectivity index (χ1) is 12.8. The first-order valence-corrected chi connectivity index (χ1v) is 8.00. The molecule has 0 aliphatic carbocycles. The Morgan fingerprint density at radius 1 is 0.750 bits per heavy atom. The summed E-state index contributed by atoms with van der Waals surface area (Å²) < 4.78 is 5.06. The third-order valence-corrected chi connectivity index (χ3v) is 3.39. The molecule has 0 radical (unpaired) electrons. The van der Waals surface area contributed by atoms with Crippen molar-refractivity contribution in [3.05, 3.63) is 35.9 Å². The van der Waals surface area contributed by atoms with Crippen LogP contribution >= 0.6 is 0 Å². The van der Waals surface area contributed by atoms with Gasteiger partial charge in [0.15, 0.2) is 0 Å². The zero-order valence-electron chi connectivity index (χ0n) is 15.1. The van der Waals surface area contributed by atoms with Crippen LogP contribution in [-0.2, 0) is 30.5 Å². The number of carboxylic acid groups (broad SMARTS) is 3. The summed E-state index contributed by atoms with van der Waals surface area (Å²) in [6.07, 6.45) is 0. The molecule has 10 nitrogen and oxygen atoms in total. The van der Waals surface area contributed by atoms with Gasteiger partial charge in [-0.15, -0.1) is 0 Å². The molecule has 0 heterocycles. The number of carbonyl (C=O) groups excluding carboxylic acids is 4. The van der Waals surface area contributed by atoms with E-state index < -0.39 is 43.5 Å². The summed E-state index contributed by atoms with van der Waals surface area (Å²) in [6.45, 7) is -2.57. The SMILES string of the molecule is O=C([O-])CN(CCN(CC(=O)[O-])CC(=O)OCc1ccccc1)CC(=O)[O-].[In+3]. The van der Waals surface area contributed by atoms with Crippen LogP contribution in [0.1, 0.15) is 5.56 Å². The van der Waals surface area contributed by atoms with Crippen LogP contribution in [0.25, 0.3) is 0 Å². The Bertz CT molecular complexity index is 640. The Morgan fingerprint density at radius 3 is 1.61 bits per heavy atom. The van der Waals surface area contributed by atoms with Crippen LogP contribution in [0.4, 0.5) is 0 Å². The number of hydrogen-bond donors (Lipinski definition) is 0. The molecule has 0 aliphatic rings. The van der Waals surface area contributed by atoms with Crippen molar-refractivity contribution in [1.82, 2.24) is 9.80 Å². The second-order valence-electron chi connectivity index (χ2n) is 5.68. The van der Waals surface area contributed by atoms with Crippen molar-refractivity contribution in [1.29, 1.82) is 0 Å². The largest absolute Gasteiger partial charge is 3.00 e. The van der Waals surface area contributed by atoms with Gasteiger partial charge in [-0.2, -0.15) is 0 Å². The maximum atomic E-state index is 11.9. The van der Waals surface area contributed by atoms with Gasteiger partial charge in [0.1, 0.15) is 6.61 Å². The predicted molar refractivity (Wildman–Crippen MR) is 89.9 cm³/mol. The molecule has 148 valence electrons. The van der Waals surface area contributed by atoms with Crippen LogP contribution in [0.15, 0.2) is 30.3 Å². The molecule has 0 saturated heterocycles. The van der Waals surface area contributed by atoms with Crippen molar-refractivity contribution in [2.75, 3.05) is 39.3 Å². The molecule has 11 heteroatoms. The van der Waals surface area contributed by atoms with E-state index in [1.54, 1.807) is 30.3 Å². The molecule has 0 N–H and O–H groups in total. The molecule has 1 rings (SSSR count). The van der Waals surface area contributed by atoms with E-state index in [2.05, 4.69) is 0 Å². The van der Waals surface area contributed by atoms with E-state index >= 15 is 0 Å². The summed E-state index contributed by atoms with van der Waals surface area (Å²) in [5, 5.41) is 32.2. The van der Waals surface area contributed by atoms with E-state index in [-0.39, 0.29) is 52.1 Å². The van der Waals surface area contributed by atoms with Gasteiger partial charge in [-0.3, -0.25) is 14.6 Å². The van der Waals surface area contributed by atoms with Crippen molar-refractivity contribution in [3.63, 3.8) is 0 Å². The van der Waals surface area contributed by atoms with Crippen molar-refractivity contribution < 1.29 is 39.2 Å². The number of hydrogen-bond acceptors (Lipinski definition) is 10. The third-order valence-electron chi connectivity index (χ3n) is 3.39. The van der Waals surface area contributed by atoms with Gasteiger partial charge in [-0.05, 0) is 5.56 Å². The number of carboxylic acids is 3. The smallest absolute Gasteiger partial charge is 0.549 e. The molecule has 1 aromatic rings. The van der Waals surface area contributed by atoms with E-state index in [1.165, 1.54) is 0 Å². The Hall–Kier alpha value is -2.11.